The Morgan fingerprint density at radius 3 is 2.68 bits per heavy atom. The Kier molecular flexibility index (Phi) is 6.29. The van der Waals surface area contributed by atoms with E-state index in [9.17, 15) is 4.79 Å². The zero-order valence-corrected chi connectivity index (χ0v) is 15.7. The Morgan fingerprint density at radius 1 is 1.20 bits per heavy atom. The molecule has 2 aliphatic heterocycles. The third-order valence-electron chi connectivity index (χ3n) is 5.80. The summed E-state index contributed by atoms with van der Waals surface area (Å²) in [5.74, 6) is 1.79. The minimum absolute atomic E-state index is 0.00946. The van der Waals surface area contributed by atoms with E-state index in [0.717, 1.165) is 37.8 Å². The smallest absolute Gasteiger partial charge is 0.252 e. The Bertz CT molecular complexity index is 551. The summed E-state index contributed by atoms with van der Waals surface area (Å²) in [5, 5.41) is 3.05. The number of anilines is 1. The molecular weight excluding hydrogens is 312 g/mol. The van der Waals surface area contributed by atoms with Crippen molar-refractivity contribution in [2.24, 2.45) is 5.92 Å². The molecule has 1 unspecified atom stereocenters. The van der Waals surface area contributed by atoms with Gasteiger partial charge in [0, 0.05) is 31.9 Å². The molecule has 0 saturated carbocycles. The third kappa shape index (κ3) is 4.94. The van der Waals surface area contributed by atoms with Crippen LogP contribution < -0.4 is 10.2 Å². The zero-order chi connectivity index (χ0) is 17.6. The van der Waals surface area contributed by atoms with Crippen molar-refractivity contribution >= 4 is 11.7 Å². The lowest BCUT2D eigenvalue weighted by atomic mass is 9.99. The van der Waals surface area contributed by atoms with Crippen LogP contribution in [0.2, 0.25) is 0 Å². The van der Waals surface area contributed by atoms with Gasteiger partial charge in [-0.05, 0) is 63.7 Å². The van der Waals surface area contributed by atoms with Crippen molar-refractivity contribution in [2.45, 2.75) is 51.5 Å². The fourth-order valence-corrected chi connectivity index (χ4v) is 3.91. The summed E-state index contributed by atoms with van der Waals surface area (Å²) < 4.78 is 0. The number of carbonyl (C=O) groups is 1. The highest BCUT2D eigenvalue weighted by Crippen LogP contribution is 2.21. The topological polar surface area (TPSA) is 48.5 Å². The van der Waals surface area contributed by atoms with E-state index in [2.05, 4.69) is 34.1 Å². The molecule has 25 heavy (non-hydrogen) atoms. The van der Waals surface area contributed by atoms with E-state index in [-0.39, 0.29) is 5.91 Å². The van der Waals surface area contributed by atoms with E-state index < -0.39 is 0 Å². The summed E-state index contributed by atoms with van der Waals surface area (Å²) in [6.45, 7) is 6.35. The molecule has 3 heterocycles. The van der Waals surface area contributed by atoms with Crippen LogP contribution in [0.5, 0.6) is 0 Å². The molecule has 1 aromatic rings. The molecule has 1 aromatic heterocycles. The number of rotatable bonds is 5. The van der Waals surface area contributed by atoms with Gasteiger partial charge in [-0.15, -0.1) is 0 Å². The van der Waals surface area contributed by atoms with Crippen molar-refractivity contribution in [2.75, 3.05) is 38.1 Å². The van der Waals surface area contributed by atoms with Gasteiger partial charge in [-0.3, -0.25) is 4.79 Å². The van der Waals surface area contributed by atoms with E-state index in [1.807, 2.05) is 12.1 Å². The van der Waals surface area contributed by atoms with Crippen molar-refractivity contribution in [3.63, 3.8) is 0 Å². The lowest BCUT2D eigenvalue weighted by molar-refractivity contribution is 0.0945. The van der Waals surface area contributed by atoms with Crippen LogP contribution in [-0.2, 0) is 0 Å². The largest absolute Gasteiger partial charge is 0.357 e. The standard InChI is InChI=1S/C20H32N4O/c1-16-9-13-24(14-10-16)19-7-6-17(15-22-19)20(25)21-11-8-18-5-3-4-12-23(18)2/h6-7,15-16,18H,3-5,8-14H2,1-2H3,(H,21,25). The second-order valence-electron chi connectivity index (χ2n) is 7.75. The minimum atomic E-state index is -0.00946. The van der Waals surface area contributed by atoms with Gasteiger partial charge in [-0.25, -0.2) is 4.98 Å². The number of carbonyl (C=O) groups excluding carboxylic acids is 1. The van der Waals surface area contributed by atoms with Crippen molar-refractivity contribution in [1.82, 2.24) is 15.2 Å². The number of likely N-dealkylation sites (tertiary alicyclic amines) is 1. The first kappa shape index (κ1) is 18.2. The highest BCUT2D eigenvalue weighted by molar-refractivity contribution is 5.94. The first-order valence-electron chi connectivity index (χ1n) is 9.83. The molecule has 5 nitrogen and oxygen atoms in total. The average Bonchev–Trinajstić information content (AvgIpc) is 2.64. The maximum atomic E-state index is 12.3. The van der Waals surface area contributed by atoms with E-state index in [1.165, 1.54) is 38.6 Å². The van der Waals surface area contributed by atoms with Crippen molar-refractivity contribution in [3.8, 4) is 0 Å². The van der Waals surface area contributed by atoms with Crippen LogP contribution in [-0.4, -0.2) is 55.1 Å². The van der Waals surface area contributed by atoms with Crippen LogP contribution in [0.25, 0.3) is 0 Å². The molecule has 0 aliphatic carbocycles. The molecule has 1 N–H and O–H groups in total. The molecule has 0 bridgehead atoms. The molecular formula is C20H32N4O. The molecule has 1 atom stereocenters. The van der Waals surface area contributed by atoms with E-state index in [0.29, 0.717) is 11.6 Å². The van der Waals surface area contributed by atoms with Gasteiger partial charge in [0.05, 0.1) is 5.56 Å². The van der Waals surface area contributed by atoms with Crippen LogP contribution in [0.4, 0.5) is 5.82 Å². The Morgan fingerprint density at radius 2 is 2.00 bits per heavy atom. The number of nitrogens with zero attached hydrogens (tertiary/aromatic N) is 3. The SMILES string of the molecule is CC1CCN(c2ccc(C(=O)NCCC3CCCCN3C)cn2)CC1. The highest BCUT2D eigenvalue weighted by Gasteiger charge is 2.19. The summed E-state index contributed by atoms with van der Waals surface area (Å²) >= 11 is 0. The summed E-state index contributed by atoms with van der Waals surface area (Å²) in [4.78, 5) is 21.6. The lowest BCUT2D eigenvalue weighted by Crippen LogP contribution is -2.39. The van der Waals surface area contributed by atoms with Crippen LogP contribution in [0.1, 0.15) is 55.8 Å². The predicted molar refractivity (Wildman–Crippen MR) is 102 cm³/mol. The van der Waals surface area contributed by atoms with E-state index in [1.54, 1.807) is 6.20 Å². The van der Waals surface area contributed by atoms with Gasteiger partial charge in [0.1, 0.15) is 5.82 Å². The molecule has 1 amide bonds. The van der Waals surface area contributed by atoms with Gasteiger partial charge in [0.15, 0.2) is 0 Å². The number of pyridine rings is 1. The quantitative estimate of drug-likeness (QED) is 0.892. The molecule has 3 rings (SSSR count). The number of piperidine rings is 2. The van der Waals surface area contributed by atoms with Crippen LogP contribution >= 0.6 is 0 Å². The van der Waals surface area contributed by atoms with Gasteiger partial charge in [0.2, 0.25) is 0 Å². The Balaban J connectivity index is 1.46. The van der Waals surface area contributed by atoms with E-state index in [4.69, 9.17) is 0 Å². The third-order valence-corrected chi connectivity index (χ3v) is 5.80. The molecule has 2 aliphatic rings. The molecule has 0 aromatic carbocycles. The number of hydrogen-bond acceptors (Lipinski definition) is 4. The monoisotopic (exact) mass is 344 g/mol. The first-order valence-corrected chi connectivity index (χ1v) is 9.83. The zero-order valence-electron chi connectivity index (χ0n) is 15.7. The summed E-state index contributed by atoms with van der Waals surface area (Å²) in [7, 11) is 2.19. The highest BCUT2D eigenvalue weighted by atomic mass is 16.1. The fourth-order valence-electron chi connectivity index (χ4n) is 3.91. The van der Waals surface area contributed by atoms with E-state index >= 15 is 0 Å². The summed E-state index contributed by atoms with van der Waals surface area (Å²) in [6.07, 6.45) is 9.04. The van der Waals surface area contributed by atoms with Gasteiger partial charge in [-0.2, -0.15) is 0 Å². The Hall–Kier alpha value is -1.62. The minimum Gasteiger partial charge on any atom is -0.357 e. The number of hydrogen-bond donors (Lipinski definition) is 1. The van der Waals surface area contributed by atoms with Crippen LogP contribution in [0.3, 0.4) is 0 Å². The van der Waals surface area contributed by atoms with Gasteiger partial charge < -0.3 is 15.1 Å². The van der Waals surface area contributed by atoms with Crippen molar-refractivity contribution in [3.05, 3.63) is 23.9 Å². The molecule has 0 spiro atoms. The number of amides is 1. The fraction of sp³-hybridized carbons (Fsp3) is 0.700. The number of aromatic nitrogens is 1. The maximum absolute atomic E-state index is 12.3. The molecule has 138 valence electrons. The summed E-state index contributed by atoms with van der Waals surface area (Å²) in [5.41, 5.74) is 0.658. The number of nitrogens with one attached hydrogen (secondary N) is 1. The van der Waals surface area contributed by atoms with Gasteiger partial charge >= 0.3 is 0 Å². The molecule has 2 fully saturated rings. The normalized spacial score (nSPS) is 22.8. The lowest BCUT2D eigenvalue weighted by Gasteiger charge is -2.32. The molecule has 5 heteroatoms. The molecule has 2 saturated heterocycles. The van der Waals surface area contributed by atoms with Crippen molar-refractivity contribution < 1.29 is 4.79 Å². The average molecular weight is 345 g/mol. The maximum Gasteiger partial charge on any atom is 0.252 e. The summed E-state index contributed by atoms with van der Waals surface area (Å²) in [6, 6.07) is 4.50. The van der Waals surface area contributed by atoms with Crippen molar-refractivity contribution in [1.29, 1.82) is 0 Å². The second kappa shape index (κ2) is 8.65. The second-order valence-corrected chi connectivity index (χ2v) is 7.75. The van der Waals surface area contributed by atoms with Crippen LogP contribution in [0.15, 0.2) is 18.3 Å². The Labute approximate surface area is 151 Å². The molecule has 0 radical (unpaired) electrons. The first-order chi connectivity index (χ1) is 12.1. The van der Waals surface area contributed by atoms with Gasteiger partial charge in [0.25, 0.3) is 5.91 Å². The predicted octanol–water partition coefficient (Wildman–Crippen LogP) is 2.92. The van der Waals surface area contributed by atoms with Crippen LogP contribution in [0, 0.1) is 5.92 Å². The van der Waals surface area contributed by atoms with Gasteiger partial charge in [-0.1, -0.05) is 13.3 Å².